The summed E-state index contributed by atoms with van der Waals surface area (Å²) in [6.45, 7) is -0.0782. The Bertz CT molecular complexity index is 1160. The van der Waals surface area contributed by atoms with E-state index in [2.05, 4.69) is 10.3 Å². The highest BCUT2D eigenvalue weighted by Crippen LogP contribution is 2.19. The van der Waals surface area contributed by atoms with Crippen LogP contribution in [-0.4, -0.2) is 22.9 Å². The van der Waals surface area contributed by atoms with E-state index in [4.69, 9.17) is 9.15 Å². The average molecular weight is 426 g/mol. The second kappa shape index (κ2) is 10.2. The minimum Gasteiger partial charge on any atom is -0.456 e. The predicted molar refractivity (Wildman–Crippen MR) is 120 cm³/mol. The molecule has 32 heavy (non-hydrogen) atoms. The van der Waals surface area contributed by atoms with Crippen LogP contribution in [0.25, 0.3) is 11.5 Å². The third-order valence-electron chi connectivity index (χ3n) is 4.84. The number of hydrogen-bond acceptors (Lipinski definition) is 5. The molecule has 4 aromatic rings. The fourth-order valence-corrected chi connectivity index (χ4v) is 3.21. The van der Waals surface area contributed by atoms with Gasteiger partial charge in [0.15, 0.2) is 12.4 Å². The van der Waals surface area contributed by atoms with Gasteiger partial charge in [-0.1, -0.05) is 66.7 Å². The molecule has 1 N–H and O–H groups in total. The van der Waals surface area contributed by atoms with Gasteiger partial charge in [0, 0.05) is 17.5 Å². The zero-order valence-corrected chi connectivity index (χ0v) is 17.3. The van der Waals surface area contributed by atoms with Gasteiger partial charge < -0.3 is 14.5 Å². The quantitative estimate of drug-likeness (QED) is 0.422. The van der Waals surface area contributed by atoms with Crippen LogP contribution < -0.4 is 5.32 Å². The predicted octanol–water partition coefficient (Wildman–Crippen LogP) is 4.43. The van der Waals surface area contributed by atoms with Gasteiger partial charge in [-0.25, -0.2) is 9.78 Å². The fraction of sp³-hybridized carbons (Fsp3) is 0.115. The summed E-state index contributed by atoms with van der Waals surface area (Å²) in [7, 11) is 0. The molecule has 6 heteroatoms. The third kappa shape index (κ3) is 5.49. The Labute approximate surface area is 185 Å². The second-order valence-electron chi connectivity index (χ2n) is 7.19. The van der Waals surface area contributed by atoms with Crippen molar-refractivity contribution in [2.45, 2.75) is 19.1 Å². The lowest BCUT2D eigenvalue weighted by Crippen LogP contribution is -2.43. The first kappa shape index (κ1) is 21.1. The monoisotopic (exact) mass is 426 g/mol. The van der Waals surface area contributed by atoms with Crippen LogP contribution in [0.1, 0.15) is 21.7 Å². The van der Waals surface area contributed by atoms with Crippen molar-refractivity contribution >= 4 is 11.9 Å². The Balaban J connectivity index is 1.43. The standard InChI is InChI=1S/C26H22N2O4/c29-24(20-12-6-2-7-13-20)28-23(16-19-10-4-1-5-11-19)26(30)31-18-22-17-27-25(32-22)21-14-8-3-9-15-21/h1-15,17,23H,16,18H2,(H,28,29)/t23-/m1/s1. The van der Waals surface area contributed by atoms with Gasteiger partial charge in [-0.15, -0.1) is 0 Å². The fourth-order valence-electron chi connectivity index (χ4n) is 3.21. The molecule has 0 bridgehead atoms. The van der Waals surface area contributed by atoms with Crippen LogP contribution in [0.3, 0.4) is 0 Å². The number of ether oxygens (including phenoxy) is 1. The van der Waals surface area contributed by atoms with Crippen LogP contribution in [0.5, 0.6) is 0 Å². The number of benzene rings is 3. The first-order valence-corrected chi connectivity index (χ1v) is 10.3. The number of carbonyl (C=O) groups excluding carboxylic acids is 2. The molecule has 1 heterocycles. The molecule has 0 aliphatic carbocycles. The smallest absolute Gasteiger partial charge is 0.329 e. The zero-order valence-electron chi connectivity index (χ0n) is 17.3. The van der Waals surface area contributed by atoms with Crippen molar-refractivity contribution in [2.24, 2.45) is 0 Å². The molecule has 1 amide bonds. The van der Waals surface area contributed by atoms with Crippen LogP contribution in [0.2, 0.25) is 0 Å². The lowest BCUT2D eigenvalue weighted by atomic mass is 10.1. The molecule has 1 aromatic heterocycles. The molecule has 6 nitrogen and oxygen atoms in total. The van der Waals surface area contributed by atoms with E-state index in [0.29, 0.717) is 23.6 Å². The van der Waals surface area contributed by atoms with E-state index in [1.54, 1.807) is 24.3 Å². The molecule has 0 spiro atoms. The number of oxazole rings is 1. The molecular formula is C26H22N2O4. The number of rotatable bonds is 8. The van der Waals surface area contributed by atoms with E-state index >= 15 is 0 Å². The molecule has 0 radical (unpaired) electrons. The molecule has 0 fully saturated rings. The summed E-state index contributed by atoms with van der Waals surface area (Å²) in [6.07, 6.45) is 1.84. The molecule has 4 rings (SSSR count). The Morgan fingerprint density at radius 3 is 2.19 bits per heavy atom. The molecule has 3 aromatic carbocycles. The van der Waals surface area contributed by atoms with Crippen molar-refractivity contribution in [1.82, 2.24) is 10.3 Å². The van der Waals surface area contributed by atoms with Gasteiger partial charge in [0.05, 0.1) is 6.20 Å². The molecule has 0 saturated heterocycles. The van der Waals surface area contributed by atoms with E-state index in [1.807, 2.05) is 66.7 Å². The van der Waals surface area contributed by atoms with E-state index in [9.17, 15) is 9.59 Å². The summed E-state index contributed by atoms with van der Waals surface area (Å²) in [5.74, 6) is -0.00906. The lowest BCUT2D eigenvalue weighted by molar-refractivity contribution is -0.147. The topological polar surface area (TPSA) is 81.4 Å². The van der Waals surface area contributed by atoms with Crippen LogP contribution in [0, 0.1) is 0 Å². The van der Waals surface area contributed by atoms with Gasteiger partial charge in [-0.2, -0.15) is 0 Å². The third-order valence-corrected chi connectivity index (χ3v) is 4.84. The maximum absolute atomic E-state index is 12.9. The van der Waals surface area contributed by atoms with E-state index in [0.717, 1.165) is 11.1 Å². The maximum atomic E-state index is 12.9. The minimum absolute atomic E-state index is 0.0782. The number of nitrogens with one attached hydrogen (secondary N) is 1. The van der Waals surface area contributed by atoms with Crippen LogP contribution in [0.4, 0.5) is 0 Å². The Morgan fingerprint density at radius 1 is 0.875 bits per heavy atom. The van der Waals surface area contributed by atoms with Crippen molar-refractivity contribution in [2.75, 3.05) is 0 Å². The molecule has 1 atom stereocenters. The first-order valence-electron chi connectivity index (χ1n) is 10.3. The summed E-state index contributed by atoms with van der Waals surface area (Å²) < 4.78 is 11.2. The summed E-state index contributed by atoms with van der Waals surface area (Å²) in [4.78, 5) is 29.7. The molecule has 160 valence electrons. The zero-order chi connectivity index (χ0) is 22.2. The van der Waals surface area contributed by atoms with Gasteiger partial charge in [0.25, 0.3) is 5.91 Å². The number of nitrogens with zero attached hydrogens (tertiary/aromatic N) is 1. The second-order valence-corrected chi connectivity index (χ2v) is 7.19. The van der Waals surface area contributed by atoms with E-state index < -0.39 is 12.0 Å². The number of carbonyl (C=O) groups is 2. The highest BCUT2D eigenvalue weighted by Gasteiger charge is 2.24. The maximum Gasteiger partial charge on any atom is 0.329 e. The van der Waals surface area contributed by atoms with Crippen LogP contribution >= 0.6 is 0 Å². The highest BCUT2D eigenvalue weighted by molar-refractivity contribution is 5.96. The summed E-state index contributed by atoms with van der Waals surface area (Å²) in [5, 5.41) is 2.79. The van der Waals surface area contributed by atoms with Gasteiger partial charge >= 0.3 is 5.97 Å². The Hall–Kier alpha value is -4.19. The summed E-state index contributed by atoms with van der Waals surface area (Å²) >= 11 is 0. The molecule has 0 aliphatic heterocycles. The minimum atomic E-state index is -0.846. The van der Waals surface area contributed by atoms with Gasteiger partial charge in [0.2, 0.25) is 5.89 Å². The average Bonchev–Trinajstić information content (AvgIpc) is 3.33. The van der Waals surface area contributed by atoms with Crippen molar-refractivity contribution in [3.8, 4) is 11.5 Å². The highest BCUT2D eigenvalue weighted by atomic mass is 16.5. The number of aromatic nitrogens is 1. The normalized spacial score (nSPS) is 11.5. The van der Waals surface area contributed by atoms with Crippen molar-refractivity contribution in [1.29, 1.82) is 0 Å². The van der Waals surface area contributed by atoms with Crippen molar-refractivity contribution in [3.05, 3.63) is 114 Å². The van der Waals surface area contributed by atoms with Gasteiger partial charge in [-0.3, -0.25) is 4.79 Å². The first-order chi connectivity index (χ1) is 15.7. The number of amides is 1. The van der Waals surface area contributed by atoms with E-state index in [-0.39, 0.29) is 12.5 Å². The lowest BCUT2D eigenvalue weighted by Gasteiger charge is -2.17. The van der Waals surface area contributed by atoms with Crippen LogP contribution in [-0.2, 0) is 22.6 Å². The van der Waals surface area contributed by atoms with Crippen molar-refractivity contribution < 1.29 is 18.7 Å². The number of hydrogen-bond donors (Lipinski definition) is 1. The Morgan fingerprint density at radius 2 is 1.50 bits per heavy atom. The molecule has 0 aliphatic rings. The van der Waals surface area contributed by atoms with Gasteiger partial charge in [0.1, 0.15) is 6.04 Å². The van der Waals surface area contributed by atoms with E-state index in [1.165, 1.54) is 6.20 Å². The van der Waals surface area contributed by atoms with Crippen molar-refractivity contribution in [3.63, 3.8) is 0 Å². The molecular weight excluding hydrogens is 404 g/mol. The number of esters is 1. The molecule has 0 unspecified atom stereocenters. The van der Waals surface area contributed by atoms with Crippen LogP contribution in [0.15, 0.2) is 102 Å². The Kier molecular flexibility index (Phi) is 6.72. The summed E-state index contributed by atoms with van der Waals surface area (Å²) in [5.41, 5.74) is 2.22. The van der Waals surface area contributed by atoms with Gasteiger partial charge in [-0.05, 0) is 29.8 Å². The summed E-state index contributed by atoms with van der Waals surface area (Å²) in [6, 6.07) is 26.8. The molecule has 0 saturated carbocycles. The largest absolute Gasteiger partial charge is 0.456 e. The SMILES string of the molecule is O=C(N[C@H](Cc1ccccc1)C(=O)OCc1cnc(-c2ccccc2)o1)c1ccccc1.